The molecule has 2 aromatic carbocycles. The Morgan fingerprint density at radius 3 is 2.66 bits per heavy atom. The maximum atomic E-state index is 13.8. The van der Waals surface area contributed by atoms with E-state index in [0.717, 1.165) is 59.8 Å². The number of pyridine rings is 1. The molecule has 1 aliphatic heterocycles. The van der Waals surface area contributed by atoms with Gasteiger partial charge in [0.25, 0.3) is 6.47 Å². The summed E-state index contributed by atoms with van der Waals surface area (Å²) in [6.07, 6.45) is 2.24. The van der Waals surface area contributed by atoms with E-state index in [-0.39, 0.29) is 17.7 Å². The Morgan fingerprint density at radius 1 is 1.20 bits per heavy atom. The van der Waals surface area contributed by atoms with Gasteiger partial charge in [-0.05, 0) is 50.7 Å². The molecule has 3 aromatic rings. The second kappa shape index (κ2) is 11.1. The van der Waals surface area contributed by atoms with Crippen molar-refractivity contribution >= 4 is 46.0 Å². The van der Waals surface area contributed by atoms with Gasteiger partial charge in [0.2, 0.25) is 0 Å². The fourth-order valence-corrected chi connectivity index (χ4v) is 4.35. The minimum Gasteiger partial charge on any atom is -0.489 e. The Balaban J connectivity index is 1.84. The number of likely N-dealkylation sites (N-methyl/N-ethyl adjacent to an activating group) is 1. The number of carbonyl (C=O) groups is 1. The number of ether oxygens (including phenoxy) is 2. The smallest absolute Gasteiger partial charge is 0.293 e. The summed E-state index contributed by atoms with van der Waals surface area (Å²) in [5, 5.41) is 4.33. The lowest BCUT2D eigenvalue weighted by molar-refractivity contribution is -0.128. The SMILES string of the molecule is CC(C)Oc1cc2ncc(CCOC=O)c(Nc3ccc(F)c(Cl)c3)c2cc1N1CCN(C)CC1. The van der Waals surface area contributed by atoms with Gasteiger partial charge in [0.15, 0.2) is 0 Å². The van der Waals surface area contributed by atoms with Gasteiger partial charge >= 0.3 is 0 Å². The molecule has 1 aliphatic rings. The van der Waals surface area contributed by atoms with Crippen molar-refractivity contribution in [2.75, 3.05) is 50.1 Å². The lowest BCUT2D eigenvalue weighted by atomic mass is 10.0. The topological polar surface area (TPSA) is 66.9 Å². The van der Waals surface area contributed by atoms with E-state index in [2.05, 4.69) is 33.2 Å². The van der Waals surface area contributed by atoms with Gasteiger partial charge in [0.05, 0.1) is 34.6 Å². The number of benzene rings is 2. The quantitative estimate of drug-likeness (QED) is 0.326. The van der Waals surface area contributed by atoms with Gasteiger partial charge in [-0.25, -0.2) is 4.39 Å². The molecule has 1 N–H and O–H groups in total. The highest BCUT2D eigenvalue weighted by Crippen LogP contribution is 2.39. The molecule has 1 fully saturated rings. The van der Waals surface area contributed by atoms with Gasteiger partial charge in [-0.15, -0.1) is 0 Å². The molecule has 7 nitrogen and oxygen atoms in total. The molecule has 0 spiro atoms. The summed E-state index contributed by atoms with van der Waals surface area (Å²) in [7, 11) is 2.12. The summed E-state index contributed by atoms with van der Waals surface area (Å²) in [5.74, 6) is 0.307. The summed E-state index contributed by atoms with van der Waals surface area (Å²) < 4.78 is 24.9. The number of halogens is 2. The molecule has 0 bridgehead atoms. The molecule has 35 heavy (non-hydrogen) atoms. The van der Waals surface area contributed by atoms with Crippen molar-refractivity contribution in [1.29, 1.82) is 0 Å². The second-order valence-electron chi connectivity index (χ2n) is 8.92. The summed E-state index contributed by atoms with van der Waals surface area (Å²) in [6.45, 7) is 8.34. The number of rotatable bonds is 9. The highest BCUT2D eigenvalue weighted by Gasteiger charge is 2.21. The molecule has 0 saturated carbocycles. The van der Waals surface area contributed by atoms with Crippen LogP contribution < -0.4 is 15.0 Å². The third kappa shape index (κ3) is 5.94. The van der Waals surface area contributed by atoms with Crippen molar-refractivity contribution in [2.45, 2.75) is 26.4 Å². The largest absolute Gasteiger partial charge is 0.489 e. The van der Waals surface area contributed by atoms with Crippen molar-refractivity contribution in [3.63, 3.8) is 0 Å². The van der Waals surface area contributed by atoms with Crippen LogP contribution in [0.5, 0.6) is 5.75 Å². The molecular formula is C26H30ClFN4O3. The molecule has 9 heteroatoms. The first-order chi connectivity index (χ1) is 16.9. The maximum Gasteiger partial charge on any atom is 0.293 e. The van der Waals surface area contributed by atoms with E-state index in [4.69, 9.17) is 21.1 Å². The fourth-order valence-electron chi connectivity index (χ4n) is 4.16. The molecule has 0 aliphatic carbocycles. The zero-order valence-electron chi connectivity index (χ0n) is 20.2. The number of hydrogen-bond donors (Lipinski definition) is 1. The molecule has 4 rings (SSSR count). The van der Waals surface area contributed by atoms with E-state index in [1.807, 2.05) is 19.9 Å². The van der Waals surface area contributed by atoms with Crippen LogP contribution in [0.3, 0.4) is 0 Å². The third-order valence-electron chi connectivity index (χ3n) is 5.98. The average Bonchev–Trinajstić information content (AvgIpc) is 2.82. The molecule has 1 saturated heterocycles. The van der Waals surface area contributed by atoms with Gasteiger partial charge in [0, 0.05) is 55.9 Å². The number of aromatic nitrogens is 1. The Bertz CT molecular complexity index is 1200. The number of nitrogens with zero attached hydrogens (tertiary/aromatic N) is 3. The number of anilines is 3. The molecule has 186 valence electrons. The van der Waals surface area contributed by atoms with Gasteiger partial charge in [-0.1, -0.05) is 11.6 Å². The van der Waals surface area contributed by atoms with Crippen LogP contribution in [0.15, 0.2) is 36.5 Å². The van der Waals surface area contributed by atoms with Gasteiger partial charge in [0.1, 0.15) is 11.6 Å². The standard InChI is InChI=1S/C26H30ClFN4O3/c1-17(2)35-25-14-23-20(13-24(25)32-9-7-31(3)8-10-32)26(18(15-29-23)6-11-34-16-33)30-19-4-5-22(28)21(27)12-19/h4-5,12-17H,6-11H2,1-3H3,(H,29,30). The number of nitrogens with one attached hydrogen (secondary N) is 1. The third-order valence-corrected chi connectivity index (χ3v) is 6.27. The highest BCUT2D eigenvalue weighted by atomic mass is 35.5. The van der Waals surface area contributed by atoms with Crippen molar-refractivity contribution in [1.82, 2.24) is 9.88 Å². The molecule has 2 heterocycles. The first-order valence-corrected chi connectivity index (χ1v) is 12.1. The highest BCUT2D eigenvalue weighted by molar-refractivity contribution is 6.31. The monoisotopic (exact) mass is 500 g/mol. The van der Waals surface area contributed by atoms with Crippen LogP contribution in [0.1, 0.15) is 19.4 Å². The van der Waals surface area contributed by atoms with Gasteiger partial charge < -0.3 is 24.6 Å². The first-order valence-electron chi connectivity index (χ1n) is 11.7. The van der Waals surface area contributed by atoms with Crippen molar-refractivity contribution in [3.05, 3.63) is 52.9 Å². The summed E-state index contributed by atoms with van der Waals surface area (Å²) in [6, 6.07) is 8.58. The van der Waals surface area contributed by atoms with Crippen LogP contribution in [-0.4, -0.2) is 62.3 Å². The van der Waals surface area contributed by atoms with E-state index in [9.17, 15) is 9.18 Å². The molecule has 0 unspecified atom stereocenters. The van der Waals surface area contributed by atoms with E-state index in [1.165, 1.54) is 6.07 Å². The summed E-state index contributed by atoms with van der Waals surface area (Å²) >= 11 is 6.03. The van der Waals surface area contributed by atoms with E-state index in [1.54, 1.807) is 18.3 Å². The Kier molecular flexibility index (Phi) is 7.93. The number of fused-ring (bicyclic) bond motifs is 1. The van der Waals surface area contributed by atoms with Crippen LogP contribution in [0, 0.1) is 5.82 Å². The summed E-state index contributed by atoms with van der Waals surface area (Å²) in [4.78, 5) is 20.0. The first kappa shape index (κ1) is 25.0. The van der Waals surface area contributed by atoms with Gasteiger partial charge in [-0.2, -0.15) is 0 Å². The minimum atomic E-state index is -0.482. The van der Waals surface area contributed by atoms with E-state index >= 15 is 0 Å². The Morgan fingerprint density at radius 2 is 1.97 bits per heavy atom. The van der Waals surface area contributed by atoms with Crippen molar-refractivity contribution in [2.24, 2.45) is 0 Å². The van der Waals surface area contributed by atoms with E-state index < -0.39 is 5.82 Å². The fraction of sp³-hybridized carbons (Fsp3) is 0.385. The molecule has 0 atom stereocenters. The molecule has 1 aromatic heterocycles. The lowest BCUT2D eigenvalue weighted by Crippen LogP contribution is -2.44. The number of hydrogen-bond acceptors (Lipinski definition) is 7. The predicted octanol–water partition coefficient (Wildman–Crippen LogP) is 5.03. The lowest BCUT2D eigenvalue weighted by Gasteiger charge is -2.35. The zero-order chi connectivity index (χ0) is 24.9. The van der Waals surface area contributed by atoms with Crippen LogP contribution >= 0.6 is 11.6 Å². The minimum absolute atomic E-state index is 0.0115. The zero-order valence-corrected chi connectivity index (χ0v) is 20.9. The van der Waals surface area contributed by atoms with Crippen LogP contribution in [0.4, 0.5) is 21.5 Å². The number of piperazine rings is 1. The molecular weight excluding hydrogens is 471 g/mol. The van der Waals surface area contributed by atoms with Crippen molar-refractivity contribution < 1.29 is 18.7 Å². The van der Waals surface area contributed by atoms with Crippen LogP contribution in [0.2, 0.25) is 5.02 Å². The van der Waals surface area contributed by atoms with Crippen molar-refractivity contribution in [3.8, 4) is 5.75 Å². The Hall–Kier alpha value is -3.10. The molecule has 0 amide bonds. The average molecular weight is 501 g/mol. The van der Waals surface area contributed by atoms with Crippen LogP contribution in [0.25, 0.3) is 10.9 Å². The predicted molar refractivity (Wildman–Crippen MR) is 138 cm³/mol. The summed E-state index contributed by atoms with van der Waals surface area (Å²) in [5.41, 5.74) is 4.07. The second-order valence-corrected chi connectivity index (χ2v) is 9.33. The van der Waals surface area contributed by atoms with Crippen LogP contribution in [-0.2, 0) is 16.0 Å². The van der Waals surface area contributed by atoms with Gasteiger partial charge in [-0.3, -0.25) is 9.78 Å². The normalized spacial score (nSPS) is 14.4. The molecule has 0 radical (unpaired) electrons. The maximum absolute atomic E-state index is 13.8. The Labute approximate surface area is 209 Å². The number of carbonyl (C=O) groups excluding carboxylic acids is 1. The van der Waals surface area contributed by atoms with E-state index in [0.29, 0.717) is 18.6 Å².